The van der Waals surface area contributed by atoms with Crippen molar-refractivity contribution >= 4 is 5.97 Å². The van der Waals surface area contributed by atoms with Crippen LogP contribution in [-0.2, 0) is 9.53 Å². The monoisotopic (exact) mass is 325 g/mol. The maximum atomic E-state index is 11.2. The topological polar surface area (TPSA) is 49.8 Å². The third-order valence-electron chi connectivity index (χ3n) is 4.58. The summed E-state index contributed by atoms with van der Waals surface area (Å²) < 4.78 is 5.50. The van der Waals surface area contributed by atoms with Gasteiger partial charge in [-0.15, -0.1) is 0 Å². The lowest BCUT2D eigenvalue weighted by Crippen LogP contribution is -2.48. The predicted molar refractivity (Wildman–Crippen MR) is 93.2 cm³/mol. The molecule has 3 rings (SSSR count). The van der Waals surface area contributed by atoms with Crippen LogP contribution in [0.1, 0.15) is 23.5 Å². The molecule has 0 aromatic heterocycles. The highest BCUT2D eigenvalue weighted by Gasteiger charge is 2.28. The van der Waals surface area contributed by atoms with E-state index in [2.05, 4.69) is 53.4 Å². The molecule has 1 aliphatic rings. The van der Waals surface area contributed by atoms with Gasteiger partial charge in [0.25, 0.3) is 0 Å². The number of rotatable bonds is 6. The quantitative estimate of drug-likeness (QED) is 0.887. The number of morpholine rings is 1. The van der Waals surface area contributed by atoms with Gasteiger partial charge in [-0.1, -0.05) is 60.7 Å². The van der Waals surface area contributed by atoms with Crippen LogP contribution in [0.25, 0.3) is 0 Å². The van der Waals surface area contributed by atoms with Gasteiger partial charge in [0.15, 0.2) is 0 Å². The molecule has 0 bridgehead atoms. The summed E-state index contributed by atoms with van der Waals surface area (Å²) in [5.41, 5.74) is 2.51. The molecule has 1 atom stereocenters. The zero-order chi connectivity index (χ0) is 16.8. The van der Waals surface area contributed by atoms with E-state index >= 15 is 0 Å². The fourth-order valence-electron chi connectivity index (χ4n) is 3.33. The van der Waals surface area contributed by atoms with Gasteiger partial charge in [0.05, 0.1) is 19.6 Å². The number of carboxylic acid groups (broad SMARTS) is 1. The Balaban J connectivity index is 1.84. The number of carbonyl (C=O) groups is 1. The van der Waals surface area contributed by atoms with Gasteiger partial charge >= 0.3 is 5.97 Å². The Morgan fingerprint density at radius 3 is 2.21 bits per heavy atom. The summed E-state index contributed by atoms with van der Waals surface area (Å²) in [6.45, 7) is 2.72. The normalized spacial score (nSPS) is 18.6. The number of ether oxygens (including phenoxy) is 1. The fraction of sp³-hybridized carbons (Fsp3) is 0.350. The van der Waals surface area contributed by atoms with Crippen LogP contribution in [0.5, 0.6) is 0 Å². The van der Waals surface area contributed by atoms with Crippen LogP contribution in [0.4, 0.5) is 0 Å². The number of aliphatic carboxylic acids is 1. The molecule has 4 heteroatoms. The summed E-state index contributed by atoms with van der Waals surface area (Å²) in [6, 6.07) is 20.8. The standard InChI is InChI=1S/C20H23NO3/c22-20(23)13-18-15-24-12-11-21(18)14-19(16-7-3-1-4-8-16)17-9-5-2-6-10-17/h1-10,18-19H,11-15H2,(H,22,23)/t18-/m1/s1. The first-order valence-corrected chi connectivity index (χ1v) is 8.37. The first-order chi connectivity index (χ1) is 11.7. The maximum Gasteiger partial charge on any atom is 0.305 e. The van der Waals surface area contributed by atoms with Crippen LogP contribution >= 0.6 is 0 Å². The fourth-order valence-corrected chi connectivity index (χ4v) is 3.33. The molecular formula is C20H23NO3. The Morgan fingerprint density at radius 2 is 1.67 bits per heavy atom. The van der Waals surface area contributed by atoms with Crippen LogP contribution in [0, 0.1) is 0 Å². The molecule has 0 spiro atoms. The smallest absolute Gasteiger partial charge is 0.305 e. The molecule has 4 nitrogen and oxygen atoms in total. The Hall–Kier alpha value is -2.17. The summed E-state index contributed by atoms with van der Waals surface area (Å²) >= 11 is 0. The van der Waals surface area contributed by atoms with E-state index in [1.807, 2.05) is 12.1 Å². The number of hydrogen-bond acceptors (Lipinski definition) is 3. The summed E-state index contributed by atoms with van der Waals surface area (Å²) in [4.78, 5) is 13.4. The van der Waals surface area contributed by atoms with Crippen molar-refractivity contribution in [3.05, 3.63) is 71.8 Å². The first-order valence-electron chi connectivity index (χ1n) is 8.37. The summed E-state index contributed by atoms with van der Waals surface area (Å²) in [7, 11) is 0. The molecule has 24 heavy (non-hydrogen) atoms. The molecule has 0 radical (unpaired) electrons. The SMILES string of the molecule is O=C(O)C[C@@H]1COCCN1CC(c1ccccc1)c1ccccc1. The Kier molecular flexibility index (Phi) is 5.62. The number of carboxylic acids is 1. The second-order valence-corrected chi connectivity index (χ2v) is 6.20. The molecule has 0 saturated carbocycles. The highest BCUT2D eigenvalue weighted by Crippen LogP contribution is 2.27. The van der Waals surface area contributed by atoms with Crippen molar-refractivity contribution in [1.82, 2.24) is 4.90 Å². The zero-order valence-electron chi connectivity index (χ0n) is 13.7. The maximum absolute atomic E-state index is 11.2. The largest absolute Gasteiger partial charge is 0.481 e. The van der Waals surface area contributed by atoms with Crippen molar-refractivity contribution in [2.45, 2.75) is 18.4 Å². The van der Waals surface area contributed by atoms with Crippen molar-refractivity contribution in [3.63, 3.8) is 0 Å². The van der Waals surface area contributed by atoms with E-state index in [-0.39, 0.29) is 18.4 Å². The second kappa shape index (κ2) is 8.08. The predicted octanol–water partition coefficient (Wildman–Crippen LogP) is 2.99. The van der Waals surface area contributed by atoms with Crippen molar-refractivity contribution in [1.29, 1.82) is 0 Å². The average Bonchev–Trinajstić information content (AvgIpc) is 2.62. The molecule has 0 amide bonds. The molecule has 1 heterocycles. The van der Waals surface area contributed by atoms with E-state index in [0.717, 1.165) is 13.1 Å². The van der Waals surface area contributed by atoms with E-state index < -0.39 is 5.97 Å². The van der Waals surface area contributed by atoms with Crippen molar-refractivity contribution in [2.24, 2.45) is 0 Å². The van der Waals surface area contributed by atoms with Crippen molar-refractivity contribution in [2.75, 3.05) is 26.3 Å². The van der Waals surface area contributed by atoms with Gasteiger partial charge in [-0.05, 0) is 11.1 Å². The lowest BCUT2D eigenvalue weighted by atomic mass is 9.90. The highest BCUT2D eigenvalue weighted by atomic mass is 16.5. The molecule has 1 aliphatic heterocycles. The Labute approximate surface area is 142 Å². The highest BCUT2D eigenvalue weighted by molar-refractivity contribution is 5.67. The van der Waals surface area contributed by atoms with Crippen LogP contribution in [0.3, 0.4) is 0 Å². The van der Waals surface area contributed by atoms with E-state index in [1.165, 1.54) is 11.1 Å². The summed E-state index contributed by atoms with van der Waals surface area (Å²) in [6.07, 6.45) is 0.121. The van der Waals surface area contributed by atoms with E-state index in [9.17, 15) is 4.79 Å². The van der Waals surface area contributed by atoms with Crippen LogP contribution in [0.2, 0.25) is 0 Å². The van der Waals surface area contributed by atoms with E-state index in [1.54, 1.807) is 0 Å². The van der Waals surface area contributed by atoms with Crippen molar-refractivity contribution in [3.8, 4) is 0 Å². The van der Waals surface area contributed by atoms with Gasteiger partial charge in [0.2, 0.25) is 0 Å². The molecule has 1 fully saturated rings. The van der Waals surface area contributed by atoms with Crippen LogP contribution < -0.4 is 0 Å². The van der Waals surface area contributed by atoms with Gasteiger partial charge in [-0.25, -0.2) is 0 Å². The summed E-state index contributed by atoms with van der Waals surface area (Å²) in [5, 5.41) is 9.17. The van der Waals surface area contributed by atoms with Crippen molar-refractivity contribution < 1.29 is 14.6 Å². The van der Waals surface area contributed by atoms with Crippen LogP contribution in [0.15, 0.2) is 60.7 Å². The Bertz CT molecular complexity index is 605. The molecule has 1 N–H and O–H groups in total. The lowest BCUT2D eigenvalue weighted by Gasteiger charge is -2.37. The van der Waals surface area contributed by atoms with E-state index in [0.29, 0.717) is 13.2 Å². The van der Waals surface area contributed by atoms with Crippen LogP contribution in [-0.4, -0.2) is 48.3 Å². The third kappa shape index (κ3) is 4.22. The molecule has 0 unspecified atom stereocenters. The minimum atomic E-state index is -0.772. The lowest BCUT2D eigenvalue weighted by molar-refractivity contribution is -0.140. The third-order valence-corrected chi connectivity index (χ3v) is 4.58. The van der Waals surface area contributed by atoms with E-state index in [4.69, 9.17) is 9.84 Å². The second-order valence-electron chi connectivity index (χ2n) is 6.20. The zero-order valence-corrected chi connectivity index (χ0v) is 13.7. The number of nitrogens with zero attached hydrogens (tertiary/aromatic N) is 1. The molecule has 1 saturated heterocycles. The van der Waals surface area contributed by atoms with Gasteiger partial charge in [0.1, 0.15) is 0 Å². The molecule has 0 aliphatic carbocycles. The first kappa shape index (κ1) is 16.7. The Morgan fingerprint density at radius 1 is 1.08 bits per heavy atom. The molecule has 126 valence electrons. The van der Waals surface area contributed by atoms with Gasteiger partial charge in [-0.3, -0.25) is 9.69 Å². The minimum absolute atomic E-state index is 0.0637. The van der Waals surface area contributed by atoms with Gasteiger partial charge in [-0.2, -0.15) is 0 Å². The molecule has 2 aromatic rings. The molecular weight excluding hydrogens is 302 g/mol. The average molecular weight is 325 g/mol. The summed E-state index contributed by atoms with van der Waals surface area (Å²) in [5.74, 6) is -0.548. The number of hydrogen-bond donors (Lipinski definition) is 1. The molecule has 2 aromatic carbocycles. The van der Waals surface area contributed by atoms with Gasteiger partial charge < -0.3 is 9.84 Å². The van der Waals surface area contributed by atoms with Gasteiger partial charge in [0, 0.05) is 25.0 Å². The number of benzene rings is 2. The minimum Gasteiger partial charge on any atom is -0.481 e.